The van der Waals surface area contributed by atoms with Crippen LogP contribution < -0.4 is 0 Å². The Morgan fingerprint density at radius 1 is 1.28 bits per heavy atom. The minimum Gasteiger partial charge on any atom is -0.478 e. The molecule has 1 N–H and O–H groups in total. The Bertz CT molecular complexity index is 623. The summed E-state index contributed by atoms with van der Waals surface area (Å²) in [5.74, 6) is -1.53. The fourth-order valence-corrected chi connectivity index (χ4v) is 2.04. The molecule has 0 amide bonds. The number of aromatic carboxylic acids is 1. The van der Waals surface area contributed by atoms with E-state index in [1.165, 1.54) is 18.2 Å². The Hall–Kier alpha value is -1.87. The Kier molecular flexibility index (Phi) is 3.34. The molecular formula is C14H10ClFO2. The Balaban J connectivity index is 2.67. The van der Waals surface area contributed by atoms with E-state index >= 15 is 0 Å². The van der Waals surface area contributed by atoms with E-state index in [2.05, 4.69) is 0 Å². The van der Waals surface area contributed by atoms with Gasteiger partial charge in [0.15, 0.2) is 0 Å². The van der Waals surface area contributed by atoms with Gasteiger partial charge in [-0.05, 0) is 35.7 Å². The van der Waals surface area contributed by atoms with Crippen LogP contribution in [0.5, 0.6) is 0 Å². The summed E-state index contributed by atoms with van der Waals surface area (Å²) in [4.78, 5) is 11.3. The predicted molar refractivity (Wildman–Crippen MR) is 68.5 cm³/mol. The number of carbonyl (C=O) groups is 1. The first-order valence-electron chi connectivity index (χ1n) is 5.29. The Labute approximate surface area is 109 Å². The van der Waals surface area contributed by atoms with Gasteiger partial charge in [-0.15, -0.1) is 0 Å². The van der Waals surface area contributed by atoms with E-state index in [0.29, 0.717) is 16.7 Å². The molecule has 0 spiro atoms. The number of carboxylic acid groups (broad SMARTS) is 1. The molecule has 0 aliphatic rings. The van der Waals surface area contributed by atoms with E-state index in [1.54, 1.807) is 25.1 Å². The number of rotatable bonds is 2. The summed E-state index contributed by atoms with van der Waals surface area (Å²) in [6.07, 6.45) is 0. The van der Waals surface area contributed by atoms with Gasteiger partial charge >= 0.3 is 5.97 Å². The predicted octanol–water partition coefficient (Wildman–Crippen LogP) is 4.15. The van der Waals surface area contributed by atoms with Gasteiger partial charge in [-0.1, -0.05) is 35.9 Å². The Morgan fingerprint density at radius 2 is 2.00 bits per heavy atom. The molecular weight excluding hydrogens is 255 g/mol. The number of aryl methyl sites for hydroxylation is 1. The third kappa shape index (κ3) is 2.22. The number of halogens is 2. The summed E-state index contributed by atoms with van der Waals surface area (Å²) in [5.41, 5.74) is 1.98. The van der Waals surface area contributed by atoms with E-state index in [0.717, 1.165) is 0 Å². The maximum absolute atomic E-state index is 13.1. The van der Waals surface area contributed by atoms with E-state index in [9.17, 15) is 14.3 Å². The van der Waals surface area contributed by atoms with Crippen molar-refractivity contribution in [1.82, 2.24) is 0 Å². The van der Waals surface area contributed by atoms with Crippen LogP contribution in [0.25, 0.3) is 11.1 Å². The summed E-state index contributed by atoms with van der Waals surface area (Å²) in [6, 6.07) is 9.33. The number of benzene rings is 2. The highest BCUT2D eigenvalue weighted by molar-refractivity contribution is 6.31. The van der Waals surface area contributed by atoms with Crippen LogP contribution in [0, 0.1) is 12.7 Å². The Morgan fingerprint density at radius 3 is 2.61 bits per heavy atom. The van der Waals surface area contributed by atoms with Crippen molar-refractivity contribution >= 4 is 17.6 Å². The highest BCUT2D eigenvalue weighted by atomic mass is 35.5. The standard InChI is InChI=1S/C14H10ClFO2/c1-8-3-2-4-10(13(8)14(17)18)9-5-6-12(16)11(15)7-9/h2-7H,1H3,(H,17,18). The summed E-state index contributed by atoms with van der Waals surface area (Å²) < 4.78 is 13.1. The number of carboxylic acids is 1. The molecule has 2 nitrogen and oxygen atoms in total. The van der Waals surface area contributed by atoms with Crippen LogP contribution >= 0.6 is 11.6 Å². The summed E-state index contributed by atoms with van der Waals surface area (Å²) >= 11 is 5.71. The van der Waals surface area contributed by atoms with E-state index < -0.39 is 11.8 Å². The highest BCUT2D eigenvalue weighted by Gasteiger charge is 2.15. The van der Waals surface area contributed by atoms with E-state index in [-0.39, 0.29) is 10.6 Å². The molecule has 2 aromatic rings. The quantitative estimate of drug-likeness (QED) is 0.885. The minimum absolute atomic E-state index is 0.0228. The van der Waals surface area contributed by atoms with Crippen molar-refractivity contribution in [1.29, 1.82) is 0 Å². The van der Waals surface area contributed by atoms with Crippen molar-refractivity contribution in [2.75, 3.05) is 0 Å². The monoisotopic (exact) mass is 264 g/mol. The molecule has 92 valence electrons. The SMILES string of the molecule is Cc1cccc(-c2ccc(F)c(Cl)c2)c1C(=O)O. The summed E-state index contributed by atoms with van der Waals surface area (Å²) in [5, 5.41) is 9.20. The van der Waals surface area contributed by atoms with Gasteiger partial charge in [-0.2, -0.15) is 0 Å². The van der Waals surface area contributed by atoms with Gasteiger partial charge in [0.2, 0.25) is 0 Å². The van der Waals surface area contributed by atoms with Gasteiger partial charge < -0.3 is 5.11 Å². The second kappa shape index (κ2) is 4.78. The lowest BCUT2D eigenvalue weighted by molar-refractivity contribution is 0.0697. The van der Waals surface area contributed by atoms with Crippen LogP contribution in [-0.2, 0) is 0 Å². The zero-order valence-corrected chi connectivity index (χ0v) is 10.3. The normalized spacial score (nSPS) is 10.4. The highest BCUT2D eigenvalue weighted by Crippen LogP contribution is 2.29. The van der Waals surface area contributed by atoms with Crippen molar-refractivity contribution < 1.29 is 14.3 Å². The molecule has 0 fully saturated rings. The maximum Gasteiger partial charge on any atom is 0.336 e. The summed E-state index contributed by atoms with van der Waals surface area (Å²) in [6.45, 7) is 1.72. The van der Waals surface area contributed by atoms with Gasteiger partial charge in [-0.25, -0.2) is 9.18 Å². The van der Waals surface area contributed by atoms with Crippen LogP contribution in [0.1, 0.15) is 15.9 Å². The van der Waals surface area contributed by atoms with Crippen LogP contribution in [0.4, 0.5) is 4.39 Å². The number of hydrogen-bond acceptors (Lipinski definition) is 1. The molecule has 0 unspecified atom stereocenters. The lowest BCUT2D eigenvalue weighted by Crippen LogP contribution is -2.02. The van der Waals surface area contributed by atoms with Crippen LogP contribution in [-0.4, -0.2) is 11.1 Å². The van der Waals surface area contributed by atoms with E-state index in [4.69, 9.17) is 11.6 Å². The van der Waals surface area contributed by atoms with Crippen molar-refractivity contribution in [3.05, 3.63) is 58.4 Å². The lowest BCUT2D eigenvalue weighted by atomic mass is 9.96. The first kappa shape index (κ1) is 12.6. The minimum atomic E-state index is -1.01. The molecule has 2 aromatic carbocycles. The molecule has 18 heavy (non-hydrogen) atoms. The average Bonchev–Trinajstić information content (AvgIpc) is 2.32. The van der Waals surface area contributed by atoms with Crippen molar-refractivity contribution in [2.45, 2.75) is 6.92 Å². The van der Waals surface area contributed by atoms with Gasteiger partial charge in [0.1, 0.15) is 5.82 Å². The zero-order chi connectivity index (χ0) is 13.3. The van der Waals surface area contributed by atoms with Gasteiger partial charge in [0, 0.05) is 0 Å². The zero-order valence-electron chi connectivity index (χ0n) is 9.58. The molecule has 0 aromatic heterocycles. The molecule has 0 atom stereocenters. The van der Waals surface area contributed by atoms with Crippen LogP contribution in [0.3, 0.4) is 0 Å². The first-order valence-corrected chi connectivity index (χ1v) is 5.67. The van der Waals surface area contributed by atoms with Crippen molar-refractivity contribution in [3.8, 4) is 11.1 Å². The molecule has 2 rings (SSSR count). The number of hydrogen-bond donors (Lipinski definition) is 1. The van der Waals surface area contributed by atoms with Crippen molar-refractivity contribution in [3.63, 3.8) is 0 Å². The second-order valence-corrected chi connectivity index (χ2v) is 4.34. The molecule has 0 aliphatic carbocycles. The largest absolute Gasteiger partial charge is 0.478 e. The second-order valence-electron chi connectivity index (χ2n) is 3.93. The molecule has 4 heteroatoms. The molecule has 0 aliphatic heterocycles. The average molecular weight is 265 g/mol. The molecule has 0 heterocycles. The smallest absolute Gasteiger partial charge is 0.336 e. The van der Waals surface area contributed by atoms with Crippen molar-refractivity contribution in [2.24, 2.45) is 0 Å². The maximum atomic E-state index is 13.1. The fraction of sp³-hybridized carbons (Fsp3) is 0.0714. The van der Waals surface area contributed by atoms with Crippen LogP contribution in [0.2, 0.25) is 5.02 Å². The topological polar surface area (TPSA) is 37.3 Å². The molecule has 0 saturated heterocycles. The third-order valence-electron chi connectivity index (χ3n) is 2.72. The first-order chi connectivity index (χ1) is 8.50. The molecule has 0 radical (unpaired) electrons. The lowest BCUT2D eigenvalue weighted by Gasteiger charge is -2.09. The third-order valence-corrected chi connectivity index (χ3v) is 3.01. The van der Waals surface area contributed by atoms with Gasteiger partial charge in [0.05, 0.1) is 10.6 Å². The fourth-order valence-electron chi connectivity index (χ4n) is 1.86. The van der Waals surface area contributed by atoms with Gasteiger partial charge in [0.25, 0.3) is 0 Å². The molecule has 0 saturated carbocycles. The van der Waals surface area contributed by atoms with E-state index in [1.807, 2.05) is 0 Å². The summed E-state index contributed by atoms with van der Waals surface area (Å²) in [7, 11) is 0. The van der Waals surface area contributed by atoms with Gasteiger partial charge in [-0.3, -0.25) is 0 Å². The van der Waals surface area contributed by atoms with Crippen LogP contribution in [0.15, 0.2) is 36.4 Å². The molecule has 0 bridgehead atoms.